The molecule has 4 unspecified atom stereocenters. The highest BCUT2D eigenvalue weighted by Gasteiger charge is 2.32. The molecular formula is C14H26O3. The van der Waals surface area contributed by atoms with Crippen LogP contribution in [0.3, 0.4) is 0 Å². The Morgan fingerprint density at radius 2 is 1.88 bits per heavy atom. The van der Waals surface area contributed by atoms with Crippen LogP contribution < -0.4 is 0 Å². The second-order valence-electron chi connectivity index (χ2n) is 5.33. The van der Waals surface area contributed by atoms with E-state index in [2.05, 4.69) is 13.8 Å². The van der Waals surface area contributed by atoms with E-state index in [0.29, 0.717) is 24.2 Å². The summed E-state index contributed by atoms with van der Waals surface area (Å²) in [6, 6.07) is 0. The molecule has 17 heavy (non-hydrogen) atoms. The number of unbranched alkanes of at least 4 members (excludes halogenated alkanes) is 1. The zero-order valence-corrected chi connectivity index (χ0v) is 11.2. The third kappa shape index (κ3) is 4.94. The van der Waals surface area contributed by atoms with Crippen LogP contribution in [0.15, 0.2) is 0 Å². The van der Waals surface area contributed by atoms with E-state index in [1.807, 2.05) is 0 Å². The lowest BCUT2D eigenvalue weighted by atomic mass is 9.90. The van der Waals surface area contributed by atoms with E-state index in [-0.39, 0.29) is 0 Å². The summed E-state index contributed by atoms with van der Waals surface area (Å²) in [6.07, 6.45) is 7.38. The minimum Gasteiger partial charge on any atom is -0.375 e. The lowest BCUT2D eigenvalue weighted by Gasteiger charge is -2.26. The van der Waals surface area contributed by atoms with Crippen LogP contribution in [0, 0.1) is 5.92 Å². The largest absolute Gasteiger partial charge is 0.375 e. The first-order valence-corrected chi connectivity index (χ1v) is 7.18. The molecule has 3 heteroatoms. The van der Waals surface area contributed by atoms with Gasteiger partial charge in [-0.2, -0.15) is 0 Å². The summed E-state index contributed by atoms with van der Waals surface area (Å²) in [6.45, 7) is 7.13. The summed E-state index contributed by atoms with van der Waals surface area (Å²) in [5.41, 5.74) is 0. The number of epoxide rings is 2. The van der Waals surface area contributed by atoms with Crippen molar-refractivity contribution in [3.05, 3.63) is 0 Å². The second-order valence-corrected chi connectivity index (χ2v) is 5.33. The second kappa shape index (κ2) is 6.72. The fourth-order valence-corrected chi connectivity index (χ4v) is 2.37. The molecule has 2 saturated heterocycles. The minimum absolute atomic E-state index is 0.376. The molecule has 2 rings (SSSR count). The van der Waals surface area contributed by atoms with E-state index in [9.17, 15) is 0 Å². The van der Waals surface area contributed by atoms with E-state index in [4.69, 9.17) is 14.2 Å². The van der Waals surface area contributed by atoms with Gasteiger partial charge in [-0.05, 0) is 12.3 Å². The van der Waals surface area contributed by atoms with Crippen molar-refractivity contribution in [2.75, 3.05) is 19.8 Å². The van der Waals surface area contributed by atoms with Crippen molar-refractivity contribution in [1.29, 1.82) is 0 Å². The average molecular weight is 242 g/mol. The molecule has 0 N–H and O–H groups in total. The predicted octanol–water partition coefficient (Wildman–Crippen LogP) is 2.78. The zero-order valence-electron chi connectivity index (χ0n) is 11.2. The minimum atomic E-state index is 0.376. The Hall–Kier alpha value is -0.120. The van der Waals surface area contributed by atoms with Crippen molar-refractivity contribution < 1.29 is 14.2 Å². The monoisotopic (exact) mass is 242 g/mol. The molecule has 3 nitrogen and oxygen atoms in total. The van der Waals surface area contributed by atoms with E-state index in [0.717, 1.165) is 26.2 Å². The fraction of sp³-hybridized carbons (Fsp3) is 1.00. The van der Waals surface area contributed by atoms with Crippen LogP contribution in [0.1, 0.15) is 46.0 Å². The van der Waals surface area contributed by atoms with Crippen molar-refractivity contribution >= 4 is 0 Å². The third-order valence-corrected chi connectivity index (χ3v) is 3.77. The van der Waals surface area contributed by atoms with Gasteiger partial charge in [0.1, 0.15) is 6.10 Å². The molecule has 0 aromatic heterocycles. The molecule has 2 fully saturated rings. The molecule has 2 aliphatic rings. The van der Waals surface area contributed by atoms with Gasteiger partial charge >= 0.3 is 0 Å². The molecule has 2 aliphatic heterocycles. The SMILES string of the molecule is CCCCC(CC)C(CC1CO1)OCC1CO1. The Bertz CT molecular complexity index is 212. The van der Waals surface area contributed by atoms with E-state index >= 15 is 0 Å². The first-order valence-electron chi connectivity index (χ1n) is 7.18. The van der Waals surface area contributed by atoms with Gasteiger partial charge in [-0.1, -0.05) is 33.1 Å². The van der Waals surface area contributed by atoms with Crippen molar-refractivity contribution in [2.24, 2.45) is 5.92 Å². The maximum absolute atomic E-state index is 6.06. The van der Waals surface area contributed by atoms with Crippen molar-refractivity contribution in [1.82, 2.24) is 0 Å². The number of hydrogen-bond acceptors (Lipinski definition) is 3. The highest BCUT2D eigenvalue weighted by atomic mass is 16.6. The Balaban J connectivity index is 1.76. The normalized spacial score (nSPS) is 30.0. The Kier molecular flexibility index (Phi) is 5.26. The maximum Gasteiger partial charge on any atom is 0.104 e. The summed E-state index contributed by atoms with van der Waals surface area (Å²) in [4.78, 5) is 0. The average Bonchev–Trinajstić information content (AvgIpc) is 3.20. The quantitative estimate of drug-likeness (QED) is 0.552. The Morgan fingerprint density at radius 3 is 2.41 bits per heavy atom. The molecule has 0 aliphatic carbocycles. The number of ether oxygens (including phenoxy) is 3. The highest BCUT2D eigenvalue weighted by Crippen LogP contribution is 2.28. The van der Waals surface area contributed by atoms with Crippen LogP contribution in [0.2, 0.25) is 0 Å². The molecule has 0 saturated carbocycles. The molecule has 0 aromatic carbocycles. The van der Waals surface area contributed by atoms with Gasteiger partial charge < -0.3 is 14.2 Å². The lowest BCUT2D eigenvalue weighted by Crippen LogP contribution is -2.27. The van der Waals surface area contributed by atoms with Gasteiger partial charge in [-0.15, -0.1) is 0 Å². The van der Waals surface area contributed by atoms with Crippen LogP contribution in [0.5, 0.6) is 0 Å². The topological polar surface area (TPSA) is 34.3 Å². The summed E-state index contributed by atoms with van der Waals surface area (Å²) >= 11 is 0. The van der Waals surface area contributed by atoms with Crippen molar-refractivity contribution in [2.45, 2.75) is 64.3 Å². The van der Waals surface area contributed by atoms with Crippen LogP contribution in [0.25, 0.3) is 0 Å². The van der Waals surface area contributed by atoms with Crippen LogP contribution in [-0.4, -0.2) is 38.1 Å². The molecule has 0 aromatic rings. The van der Waals surface area contributed by atoms with E-state index < -0.39 is 0 Å². The Morgan fingerprint density at radius 1 is 1.18 bits per heavy atom. The van der Waals surface area contributed by atoms with E-state index in [1.165, 1.54) is 25.7 Å². The molecule has 4 atom stereocenters. The van der Waals surface area contributed by atoms with Crippen LogP contribution in [-0.2, 0) is 14.2 Å². The van der Waals surface area contributed by atoms with Gasteiger partial charge in [0.15, 0.2) is 0 Å². The van der Waals surface area contributed by atoms with Gasteiger partial charge in [-0.25, -0.2) is 0 Å². The van der Waals surface area contributed by atoms with Crippen LogP contribution >= 0.6 is 0 Å². The number of hydrogen-bond donors (Lipinski definition) is 0. The lowest BCUT2D eigenvalue weighted by molar-refractivity contribution is -0.00897. The van der Waals surface area contributed by atoms with Crippen molar-refractivity contribution in [3.8, 4) is 0 Å². The molecule has 2 heterocycles. The van der Waals surface area contributed by atoms with Gasteiger partial charge in [0.2, 0.25) is 0 Å². The van der Waals surface area contributed by atoms with Crippen LogP contribution in [0.4, 0.5) is 0 Å². The van der Waals surface area contributed by atoms with Gasteiger partial charge in [0.05, 0.1) is 32.0 Å². The fourth-order valence-electron chi connectivity index (χ4n) is 2.37. The third-order valence-electron chi connectivity index (χ3n) is 3.77. The van der Waals surface area contributed by atoms with Gasteiger partial charge in [-0.3, -0.25) is 0 Å². The predicted molar refractivity (Wildman–Crippen MR) is 67.1 cm³/mol. The highest BCUT2D eigenvalue weighted by molar-refractivity contribution is 4.80. The van der Waals surface area contributed by atoms with Gasteiger partial charge in [0.25, 0.3) is 0 Å². The molecular weight excluding hydrogens is 216 g/mol. The molecule has 0 bridgehead atoms. The first kappa shape index (κ1) is 13.3. The summed E-state index contributed by atoms with van der Waals surface area (Å²) in [7, 11) is 0. The zero-order chi connectivity index (χ0) is 12.1. The van der Waals surface area contributed by atoms with Gasteiger partial charge in [0, 0.05) is 6.42 Å². The molecule has 0 radical (unpaired) electrons. The molecule has 0 spiro atoms. The molecule has 100 valence electrons. The maximum atomic E-state index is 6.06. The summed E-state index contributed by atoms with van der Waals surface area (Å²) in [5.74, 6) is 0.692. The molecule has 0 amide bonds. The standard InChI is InChI=1S/C14H26O3/c1-3-5-6-11(4-2)14(7-12-8-15-12)17-10-13-9-16-13/h11-14H,3-10H2,1-2H3. The van der Waals surface area contributed by atoms with E-state index in [1.54, 1.807) is 0 Å². The first-order chi connectivity index (χ1) is 8.33. The Labute approximate surface area is 105 Å². The van der Waals surface area contributed by atoms with Crippen molar-refractivity contribution in [3.63, 3.8) is 0 Å². The number of rotatable bonds is 10. The smallest absolute Gasteiger partial charge is 0.104 e. The summed E-state index contributed by atoms with van der Waals surface area (Å²) in [5, 5.41) is 0. The summed E-state index contributed by atoms with van der Waals surface area (Å²) < 4.78 is 16.6.